The van der Waals surface area contributed by atoms with Gasteiger partial charge in [-0.05, 0) is 12.5 Å². The standard InChI is InChI=1S/C22H25N7.2C2HF3O2/c1-17-4-3-5-18(12-17)15-27-8-10-28(11-9-27)21-22-24-14-20(29(22)7-6-23-21)19-13-25-26(2)16-19;2*3-2(4,5)1(6)7/h3-7,12-14,16H,8-11,15H2,1-2H3;2*(H,6,7). The molecule has 1 saturated heterocycles. The summed E-state index contributed by atoms with van der Waals surface area (Å²) in [5, 5.41) is 18.5. The molecule has 0 amide bonds. The molecule has 0 aliphatic carbocycles. The van der Waals surface area contributed by atoms with Gasteiger partial charge >= 0.3 is 24.3 Å². The van der Waals surface area contributed by atoms with Crippen molar-refractivity contribution >= 4 is 23.4 Å². The largest absolute Gasteiger partial charge is 0.490 e. The number of halogens is 6. The quantitative estimate of drug-likeness (QED) is 0.327. The fourth-order valence-corrected chi connectivity index (χ4v) is 4.08. The van der Waals surface area contributed by atoms with Crippen LogP contribution in [0.25, 0.3) is 16.9 Å². The van der Waals surface area contributed by atoms with E-state index in [1.54, 1.807) is 0 Å². The van der Waals surface area contributed by atoms with Gasteiger partial charge in [0.1, 0.15) is 0 Å². The highest BCUT2D eigenvalue weighted by atomic mass is 19.4. The number of rotatable bonds is 4. The number of carbonyl (C=O) groups is 2. The van der Waals surface area contributed by atoms with Crippen LogP contribution in [0.1, 0.15) is 11.1 Å². The molecule has 1 aromatic carbocycles. The van der Waals surface area contributed by atoms with Crippen LogP contribution in [0.15, 0.2) is 55.2 Å². The monoisotopic (exact) mass is 615 g/mol. The van der Waals surface area contributed by atoms with Gasteiger partial charge < -0.3 is 15.1 Å². The molecule has 3 aromatic heterocycles. The molecule has 232 valence electrons. The van der Waals surface area contributed by atoms with Crippen LogP contribution in [0.3, 0.4) is 0 Å². The number of aliphatic carboxylic acids is 2. The van der Waals surface area contributed by atoms with Crippen molar-refractivity contribution in [2.45, 2.75) is 25.8 Å². The van der Waals surface area contributed by atoms with E-state index in [2.05, 4.69) is 60.5 Å². The van der Waals surface area contributed by atoms with Crippen LogP contribution in [0, 0.1) is 6.92 Å². The second-order valence-corrected chi connectivity index (χ2v) is 9.35. The van der Waals surface area contributed by atoms with Crippen molar-refractivity contribution in [2.75, 3.05) is 31.1 Å². The van der Waals surface area contributed by atoms with Crippen LogP contribution >= 0.6 is 0 Å². The number of aryl methyl sites for hydroxylation is 2. The number of nitrogens with zero attached hydrogens (tertiary/aromatic N) is 7. The fourth-order valence-electron chi connectivity index (χ4n) is 4.08. The van der Waals surface area contributed by atoms with E-state index in [9.17, 15) is 26.3 Å². The van der Waals surface area contributed by atoms with Crippen molar-refractivity contribution in [3.05, 3.63) is 66.4 Å². The molecular weight excluding hydrogens is 588 g/mol. The van der Waals surface area contributed by atoms with Gasteiger partial charge in [0.25, 0.3) is 0 Å². The molecule has 2 N–H and O–H groups in total. The highest BCUT2D eigenvalue weighted by Crippen LogP contribution is 2.25. The molecule has 0 atom stereocenters. The predicted molar refractivity (Wildman–Crippen MR) is 141 cm³/mol. The summed E-state index contributed by atoms with van der Waals surface area (Å²) in [6.45, 7) is 7.10. The zero-order chi connectivity index (χ0) is 31.9. The van der Waals surface area contributed by atoms with Crippen LogP contribution in [0.4, 0.5) is 32.2 Å². The molecular formula is C26H27F6N7O4. The lowest BCUT2D eigenvalue weighted by atomic mass is 10.1. The van der Waals surface area contributed by atoms with Gasteiger partial charge in [-0.1, -0.05) is 29.8 Å². The maximum absolute atomic E-state index is 10.6. The molecule has 4 heterocycles. The molecule has 5 rings (SSSR count). The molecule has 11 nitrogen and oxygen atoms in total. The predicted octanol–water partition coefficient (Wildman–Crippen LogP) is 4.03. The molecule has 1 aliphatic rings. The maximum Gasteiger partial charge on any atom is 0.490 e. The minimum atomic E-state index is -5.08. The van der Waals surface area contributed by atoms with Crippen molar-refractivity contribution in [1.29, 1.82) is 0 Å². The number of alkyl halides is 6. The molecule has 4 aromatic rings. The van der Waals surface area contributed by atoms with Crippen molar-refractivity contribution in [1.82, 2.24) is 29.0 Å². The molecule has 1 fully saturated rings. The zero-order valence-corrected chi connectivity index (χ0v) is 22.8. The first-order valence-electron chi connectivity index (χ1n) is 12.5. The number of benzene rings is 1. The average molecular weight is 616 g/mol. The van der Waals surface area contributed by atoms with E-state index in [1.165, 1.54) is 11.1 Å². The third kappa shape index (κ3) is 9.16. The summed E-state index contributed by atoms with van der Waals surface area (Å²) in [7, 11) is 1.93. The van der Waals surface area contributed by atoms with Crippen LogP contribution in [0.2, 0.25) is 0 Å². The van der Waals surface area contributed by atoms with Gasteiger partial charge in [-0.15, -0.1) is 0 Å². The molecule has 0 unspecified atom stereocenters. The fraction of sp³-hybridized carbons (Fsp3) is 0.346. The van der Waals surface area contributed by atoms with Crippen molar-refractivity contribution in [2.24, 2.45) is 7.05 Å². The Kier molecular flexibility index (Phi) is 10.3. The SMILES string of the molecule is Cc1cccc(CN2CCN(c3nccn4c(-c5cnn(C)c5)cnc34)CC2)c1.O=C(O)C(F)(F)F.O=C(O)C(F)(F)F. The van der Waals surface area contributed by atoms with E-state index >= 15 is 0 Å². The van der Waals surface area contributed by atoms with E-state index in [1.807, 2.05) is 42.7 Å². The Morgan fingerprint density at radius 2 is 1.53 bits per heavy atom. The number of anilines is 1. The first-order valence-corrected chi connectivity index (χ1v) is 12.5. The molecule has 1 aliphatic heterocycles. The van der Waals surface area contributed by atoms with Gasteiger partial charge in [-0.2, -0.15) is 31.4 Å². The lowest BCUT2D eigenvalue weighted by Gasteiger charge is -2.35. The molecule has 0 bridgehead atoms. The summed E-state index contributed by atoms with van der Waals surface area (Å²) < 4.78 is 67.4. The second kappa shape index (κ2) is 13.5. The number of hydrogen-bond donors (Lipinski definition) is 2. The number of hydrogen-bond acceptors (Lipinski definition) is 7. The van der Waals surface area contributed by atoms with Crippen LogP contribution in [-0.4, -0.2) is 89.7 Å². The highest BCUT2D eigenvalue weighted by molar-refractivity contribution is 5.73. The number of imidazole rings is 1. The van der Waals surface area contributed by atoms with Crippen molar-refractivity contribution in [3.63, 3.8) is 0 Å². The van der Waals surface area contributed by atoms with Crippen molar-refractivity contribution in [3.8, 4) is 11.3 Å². The number of carboxylic acids is 2. The van der Waals surface area contributed by atoms with E-state index in [-0.39, 0.29) is 0 Å². The smallest absolute Gasteiger partial charge is 0.475 e. The van der Waals surface area contributed by atoms with Crippen LogP contribution in [0.5, 0.6) is 0 Å². The summed E-state index contributed by atoms with van der Waals surface area (Å²) in [5.41, 5.74) is 5.70. The molecule has 0 radical (unpaired) electrons. The van der Waals surface area contributed by atoms with Crippen LogP contribution < -0.4 is 4.90 Å². The third-order valence-corrected chi connectivity index (χ3v) is 6.06. The molecule has 0 saturated carbocycles. The average Bonchev–Trinajstić information content (AvgIpc) is 3.55. The Morgan fingerprint density at radius 3 is 2.05 bits per heavy atom. The Balaban J connectivity index is 0.000000303. The van der Waals surface area contributed by atoms with Gasteiger partial charge in [0.15, 0.2) is 11.5 Å². The topological polar surface area (TPSA) is 129 Å². The summed E-state index contributed by atoms with van der Waals surface area (Å²) in [6, 6.07) is 8.78. The summed E-state index contributed by atoms with van der Waals surface area (Å²) >= 11 is 0. The van der Waals surface area contributed by atoms with E-state index in [4.69, 9.17) is 19.8 Å². The molecule has 17 heteroatoms. The summed E-state index contributed by atoms with van der Waals surface area (Å²) in [6.07, 6.45) is -0.544. The first-order chi connectivity index (χ1) is 20.1. The maximum atomic E-state index is 10.6. The normalized spacial score (nSPS) is 14.0. The summed E-state index contributed by atoms with van der Waals surface area (Å²) in [5.74, 6) is -4.56. The van der Waals surface area contributed by atoms with Gasteiger partial charge in [-0.3, -0.25) is 14.0 Å². The Morgan fingerprint density at radius 1 is 0.930 bits per heavy atom. The van der Waals surface area contributed by atoms with E-state index in [0.29, 0.717) is 0 Å². The lowest BCUT2D eigenvalue weighted by Crippen LogP contribution is -2.46. The Bertz CT molecular complexity index is 1520. The summed E-state index contributed by atoms with van der Waals surface area (Å²) in [4.78, 5) is 32.0. The molecule has 0 spiro atoms. The molecule has 43 heavy (non-hydrogen) atoms. The number of piperazine rings is 1. The minimum absolute atomic E-state index is 0.901. The lowest BCUT2D eigenvalue weighted by molar-refractivity contribution is -0.193. The van der Waals surface area contributed by atoms with Gasteiger partial charge in [-0.25, -0.2) is 19.6 Å². The zero-order valence-electron chi connectivity index (χ0n) is 22.8. The van der Waals surface area contributed by atoms with E-state index < -0.39 is 24.3 Å². The third-order valence-electron chi connectivity index (χ3n) is 6.06. The second-order valence-electron chi connectivity index (χ2n) is 9.35. The first kappa shape index (κ1) is 32.8. The van der Waals surface area contributed by atoms with Crippen molar-refractivity contribution < 1.29 is 46.1 Å². The number of carboxylic acid groups (broad SMARTS) is 2. The number of aromatic nitrogens is 5. The minimum Gasteiger partial charge on any atom is -0.475 e. The van der Waals surface area contributed by atoms with Gasteiger partial charge in [0.05, 0.1) is 18.1 Å². The number of fused-ring (bicyclic) bond motifs is 1. The van der Waals surface area contributed by atoms with Crippen LogP contribution in [-0.2, 0) is 23.2 Å². The highest BCUT2D eigenvalue weighted by Gasteiger charge is 2.38. The van der Waals surface area contributed by atoms with Gasteiger partial charge in [0, 0.05) is 63.9 Å². The Hall–Kier alpha value is -4.67. The Labute approximate surface area is 240 Å². The van der Waals surface area contributed by atoms with Gasteiger partial charge in [0.2, 0.25) is 0 Å². The van der Waals surface area contributed by atoms with E-state index in [0.717, 1.165) is 55.4 Å².